The number of nitrogens with two attached hydrogens (primary N) is 1. The predicted molar refractivity (Wildman–Crippen MR) is 99.6 cm³/mol. The second-order valence-electron chi connectivity index (χ2n) is 5.72. The molecule has 8 nitrogen and oxygen atoms in total. The first-order chi connectivity index (χ1) is 13.1. The number of fused-ring (bicyclic) bond motifs is 1. The fraction of sp³-hybridized carbons (Fsp3) is 0. The summed E-state index contributed by atoms with van der Waals surface area (Å²) < 4.78 is 13.5. The molecule has 0 bridgehead atoms. The number of benzene rings is 2. The van der Waals surface area contributed by atoms with Gasteiger partial charge in [-0.1, -0.05) is 6.07 Å². The van der Waals surface area contributed by atoms with Crippen molar-refractivity contribution in [2.24, 2.45) is 5.73 Å². The van der Waals surface area contributed by atoms with E-state index < -0.39 is 5.91 Å². The number of amides is 1. The summed E-state index contributed by atoms with van der Waals surface area (Å²) in [5, 5.41) is 13.6. The van der Waals surface area contributed by atoms with Crippen LogP contribution in [0.1, 0.15) is 10.4 Å². The largest absolute Gasteiger partial charge is 0.366 e. The molecule has 0 saturated heterocycles. The number of aromatic amines is 1. The molecular formula is C18H14FN7O. The molecule has 2 aromatic heterocycles. The van der Waals surface area contributed by atoms with Gasteiger partial charge in [0, 0.05) is 22.8 Å². The minimum Gasteiger partial charge on any atom is -0.366 e. The van der Waals surface area contributed by atoms with E-state index in [9.17, 15) is 9.18 Å². The van der Waals surface area contributed by atoms with Crippen LogP contribution in [-0.4, -0.2) is 26.1 Å². The highest BCUT2D eigenvalue weighted by Crippen LogP contribution is 2.24. The van der Waals surface area contributed by atoms with Crippen LogP contribution in [0.2, 0.25) is 0 Å². The Morgan fingerprint density at radius 1 is 1.11 bits per heavy atom. The molecule has 2 aromatic carbocycles. The summed E-state index contributed by atoms with van der Waals surface area (Å²) in [5.41, 5.74) is 6.99. The molecule has 0 unspecified atom stereocenters. The summed E-state index contributed by atoms with van der Waals surface area (Å²) >= 11 is 0. The standard InChI is InChI=1S/C18H14FN7O/c19-11-4-5-14-13(9-11)17(26-25-14)23-15-6-7-21-18(24-15)22-12-3-1-2-10(8-12)16(20)27/h1-9H,(H2,20,27)(H3,21,22,23,24,25,26). The normalized spacial score (nSPS) is 10.7. The van der Waals surface area contributed by atoms with Gasteiger partial charge in [-0.25, -0.2) is 9.37 Å². The van der Waals surface area contributed by atoms with Gasteiger partial charge in [0.2, 0.25) is 11.9 Å². The molecule has 1 amide bonds. The van der Waals surface area contributed by atoms with Gasteiger partial charge in [-0.15, -0.1) is 0 Å². The molecule has 2 heterocycles. The highest BCUT2D eigenvalue weighted by Gasteiger charge is 2.09. The Bertz CT molecular complexity index is 1140. The zero-order chi connectivity index (χ0) is 18.8. The van der Waals surface area contributed by atoms with Gasteiger partial charge in [0.15, 0.2) is 5.82 Å². The summed E-state index contributed by atoms with van der Waals surface area (Å²) in [4.78, 5) is 19.8. The van der Waals surface area contributed by atoms with Crippen LogP contribution < -0.4 is 16.4 Å². The summed E-state index contributed by atoms with van der Waals surface area (Å²) in [6, 6.07) is 12.7. The molecule has 9 heteroatoms. The summed E-state index contributed by atoms with van der Waals surface area (Å²) in [6.07, 6.45) is 1.56. The van der Waals surface area contributed by atoms with Crippen molar-refractivity contribution < 1.29 is 9.18 Å². The van der Waals surface area contributed by atoms with Crippen LogP contribution in [0.4, 0.5) is 27.7 Å². The lowest BCUT2D eigenvalue weighted by molar-refractivity contribution is 0.100. The third kappa shape index (κ3) is 3.52. The maximum atomic E-state index is 13.5. The number of carbonyl (C=O) groups excluding carboxylic acids is 1. The number of nitrogens with one attached hydrogen (secondary N) is 3. The highest BCUT2D eigenvalue weighted by molar-refractivity contribution is 5.94. The van der Waals surface area contributed by atoms with Gasteiger partial charge >= 0.3 is 0 Å². The van der Waals surface area contributed by atoms with Gasteiger partial charge in [0.05, 0.1) is 5.52 Å². The zero-order valence-electron chi connectivity index (χ0n) is 13.9. The SMILES string of the molecule is NC(=O)c1cccc(Nc2nccc(Nc3n[nH]c4ccc(F)cc34)n2)c1. The topological polar surface area (TPSA) is 122 Å². The van der Waals surface area contributed by atoms with E-state index in [1.165, 1.54) is 12.1 Å². The highest BCUT2D eigenvalue weighted by atomic mass is 19.1. The van der Waals surface area contributed by atoms with Gasteiger partial charge in [-0.05, 0) is 42.5 Å². The molecule has 4 aromatic rings. The zero-order valence-corrected chi connectivity index (χ0v) is 13.9. The van der Waals surface area contributed by atoms with Crippen molar-refractivity contribution >= 4 is 40.1 Å². The summed E-state index contributed by atoms with van der Waals surface area (Å²) in [6.45, 7) is 0. The van der Waals surface area contributed by atoms with Crippen LogP contribution in [0.5, 0.6) is 0 Å². The fourth-order valence-corrected chi connectivity index (χ4v) is 2.57. The average Bonchev–Trinajstić information content (AvgIpc) is 3.04. The molecule has 0 aliphatic rings. The van der Waals surface area contributed by atoms with E-state index in [2.05, 4.69) is 30.8 Å². The number of hydrogen-bond donors (Lipinski definition) is 4. The maximum absolute atomic E-state index is 13.5. The number of H-pyrrole nitrogens is 1. The number of rotatable bonds is 5. The van der Waals surface area contributed by atoms with Crippen LogP contribution in [0.25, 0.3) is 10.9 Å². The molecule has 0 aliphatic carbocycles. The van der Waals surface area contributed by atoms with Crippen molar-refractivity contribution in [3.8, 4) is 0 Å². The van der Waals surface area contributed by atoms with E-state index in [1.54, 1.807) is 42.6 Å². The maximum Gasteiger partial charge on any atom is 0.248 e. The van der Waals surface area contributed by atoms with Crippen molar-refractivity contribution in [2.75, 3.05) is 10.6 Å². The number of aromatic nitrogens is 4. The van der Waals surface area contributed by atoms with Gasteiger partial charge in [0.25, 0.3) is 0 Å². The van der Waals surface area contributed by atoms with Crippen LogP contribution >= 0.6 is 0 Å². The van der Waals surface area contributed by atoms with E-state index in [1.807, 2.05) is 0 Å². The molecule has 0 spiro atoms. The molecule has 0 atom stereocenters. The Balaban J connectivity index is 1.58. The van der Waals surface area contributed by atoms with Crippen LogP contribution in [0, 0.1) is 5.82 Å². The number of carbonyl (C=O) groups is 1. The fourth-order valence-electron chi connectivity index (χ4n) is 2.57. The number of primary amides is 1. The van der Waals surface area contributed by atoms with Crippen molar-refractivity contribution in [3.05, 3.63) is 66.1 Å². The van der Waals surface area contributed by atoms with E-state index in [-0.39, 0.29) is 5.82 Å². The van der Waals surface area contributed by atoms with E-state index in [0.29, 0.717) is 39.7 Å². The number of anilines is 4. The van der Waals surface area contributed by atoms with Gasteiger partial charge in [-0.3, -0.25) is 9.89 Å². The van der Waals surface area contributed by atoms with Gasteiger partial charge in [-0.2, -0.15) is 10.1 Å². The smallest absolute Gasteiger partial charge is 0.248 e. The van der Waals surface area contributed by atoms with Crippen LogP contribution in [0.3, 0.4) is 0 Å². The quantitative estimate of drug-likeness (QED) is 0.432. The Labute approximate surface area is 152 Å². The first-order valence-corrected chi connectivity index (χ1v) is 7.99. The molecule has 0 saturated carbocycles. The molecule has 0 fully saturated rings. The van der Waals surface area contributed by atoms with Crippen LogP contribution in [-0.2, 0) is 0 Å². The molecule has 134 valence electrons. The Hall–Kier alpha value is -4.01. The lowest BCUT2D eigenvalue weighted by Crippen LogP contribution is -2.11. The van der Waals surface area contributed by atoms with Crippen molar-refractivity contribution in [1.29, 1.82) is 0 Å². The molecule has 27 heavy (non-hydrogen) atoms. The molecule has 4 rings (SSSR count). The molecular weight excluding hydrogens is 349 g/mol. The Morgan fingerprint density at radius 3 is 2.85 bits per heavy atom. The predicted octanol–water partition coefficient (Wildman–Crippen LogP) is 3.08. The first kappa shape index (κ1) is 16.5. The summed E-state index contributed by atoms with van der Waals surface area (Å²) in [7, 11) is 0. The second kappa shape index (κ2) is 6.71. The van der Waals surface area contributed by atoms with E-state index in [4.69, 9.17) is 5.73 Å². The Morgan fingerprint density at radius 2 is 2.00 bits per heavy atom. The van der Waals surface area contributed by atoms with Crippen molar-refractivity contribution in [3.63, 3.8) is 0 Å². The number of halogens is 1. The minimum atomic E-state index is -0.521. The van der Waals surface area contributed by atoms with E-state index >= 15 is 0 Å². The lowest BCUT2D eigenvalue weighted by Gasteiger charge is -2.08. The molecule has 0 aliphatic heterocycles. The molecule has 5 N–H and O–H groups in total. The van der Waals surface area contributed by atoms with Crippen molar-refractivity contribution in [2.45, 2.75) is 0 Å². The van der Waals surface area contributed by atoms with Crippen LogP contribution in [0.15, 0.2) is 54.7 Å². The third-order valence-corrected chi connectivity index (χ3v) is 3.83. The minimum absolute atomic E-state index is 0.313. The first-order valence-electron chi connectivity index (χ1n) is 7.99. The number of hydrogen-bond acceptors (Lipinski definition) is 6. The van der Waals surface area contributed by atoms with E-state index in [0.717, 1.165) is 0 Å². The number of nitrogens with zero attached hydrogens (tertiary/aromatic N) is 3. The summed E-state index contributed by atoms with van der Waals surface area (Å²) in [5.74, 6) is 0.354. The molecule has 0 radical (unpaired) electrons. The lowest BCUT2D eigenvalue weighted by atomic mass is 10.2. The second-order valence-corrected chi connectivity index (χ2v) is 5.72. The van der Waals surface area contributed by atoms with Gasteiger partial charge in [0.1, 0.15) is 11.6 Å². The third-order valence-electron chi connectivity index (χ3n) is 3.83. The van der Waals surface area contributed by atoms with Gasteiger partial charge < -0.3 is 16.4 Å². The monoisotopic (exact) mass is 363 g/mol. The average molecular weight is 363 g/mol. The van der Waals surface area contributed by atoms with Crippen molar-refractivity contribution in [1.82, 2.24) is 20.2 Å². The Kier molecular flexibility index (Phi) is 4.09.